The molecule has 2 rings (SSSR count). The minimum absolute atomic E-state index is 0.255. The fraction of sp³-hybridized carbons (Fsp3) is 0.400. The fourth-order valence-electron chi connectivity index (χ4n) is 1.68. The molecule has 108 valence electrons. The lowest BCUT2D eigenvalue weighted by atomic mass is 10.3. The first-order chi connectivity index (χ1) is 9.32. The Morgan fingerprint density at radius 2 is 2.15 bits per heavy atom. The van der Waals surface area contributed by atoms with Crippen LogP contribution in [0.2, 0.25) is 0 Å². The van der Waals surface area contributed by atoms with E-state index in [-0.39, 0.29) is 6.54 Å². The lowest BCUT2D eigenvalue weighted by Gasteiger charge is -2.09. The van der Waals surface area contributed by atoms with E-state index in [1.807, 2.05) is 6.92 Å². The first kappa shape index (κ1) is 14.0. The molecule has 0 amide bonds. The van der Waals surface area contributed by atoms with Gasteiger partial charge in [-0.3, -0.25) is 4.68 Å². The van der Waals surface area contributed by atoms with E-state index in [2.05, 4.69) is 15.4 Å². The largest absolute Gasteiger partial charge is 0.476 e. The highest BCUT2D eigenvalue weighted by Crippen LogP contribution is 2.31. The van der Waals surface area contributed by atoms with Crippen LogP contribution in [-0.2, 0) is 19.3 Å². The van der Waals surface area contributed by atoms with Crippen molar-refractivity contribution in [1.29, 1.82) is 0 Å². The summed E-state index contributed by atoms with van der Waals surface area (Å²) in [7, 11) is 0. The highest BCUT2D eigenvalue weighted by molar-refractivity contribution is 5.86. The van der Waals surface area contributed by atoms with Gasteiger partial charge >= 0.3 is 12.1 Å². The molecule has 0 fully saturated rings. The highest BCUT2D eigenvalue weighted by Gasteiger charge is 2.41. The Morgan fingerprint density at radius 1 is 1.45 bits per heavy atom. The van der Waals surface area contributed by atoms with Crippen LogP contribution in [0.1, 0.15) is 28.7 Å². The Bertz CT molecular complexity index is 631. The Balaban J connectivity index is 2.39. The summed E-state index contributed by atoms with van der Waals surface area (Å²) in [6, 6.07) is 0. The van der Waals surface area contributed by atoms with Gasteiger partial charge in [-0.2, -0.15) is 18.3 Å². The zero-order valence-corrected chi connectivity index (χ0v) is 10.3. The number of nitrogens with zero attached hydrogens (tertiary/aromatic N) is 5. The van der Waals surface area contributed by atoms with Crippen molar-refractivity contribution in [2.45, 2.75) is 26.2 Å². The van der Waals surface area contributed by atoms with E-state index >= 15 is 0 Å². The molecule has 2 aromatic rings. The van der Waals surface area contributed by atoms with Gasteiger partial charge in [-0.05, 0) is 6.92 Å². The summed E-state index contributed by atoms with van der Waals surface area (Å²) >= 11 is 0. The number of halogens is 3. The Hall–Kier alpha value is -2.39. The number of carboxylic acid groups (broad SMARTS) is 1. The van der Waals surface area contributed by atoms with Gasteiger partial charge in [0.15, 0.2) is 5.69 Å². The molecule has 0 atom stereocenters. The van der Waals surface area contributed by atoms with E-state index < -0.39 is 23.5 Å². The number of hydrogen-bond acceptors (Lipinski definition) is 4. The third-order valence-electron chi connectivity index (χ3n) is 2.55. The molecule has 20 heavy (non-hydrogen) atoms. The molecule has 0 aliphatic carbocycles. The quantitative estimate of drug-likeness (QED) is 0.915. The molecular weight excluding hydrogens is 279 g/mol. The highest BCUT2D eigenvalue weighted by atomic mass is 19.4. The van der Waals surface area contributed by atoms with Crippen LogP contribution in [0.15, 0.2) is 12.4 Å². The van der Waals surface area contributed by atoms with Crippen LogP contribution in [-0.4, -0.2) is 35.9 Å². The van der Waals surface area contributed by atoms with Gasteiger partial charge in [0.25, 0.3) is 0 Å². The van der Waals surface area contributed by atoms with Crippen molar-refractivity contribution in [3.63, 3.8) is 0 Å². The number of aromatic nitrogens is 5. The van der Waals surface area contributed by atoms with Gasteiger partial charge in [0.05, 0.1) is 12.7 Å². The molecule has 1 N–H and O–H groups in total. The number of carboxylic acids is 1. The van der Waals surface area contributed by atoms with Crippen LogP contribution in [0.5, 0.6) is 0 Å². The van der Waals surface area contributed by atoms with Gasteiger partial charge in [0.1, 0.15) is 0 Å². The summed E-state index contributed by atoms with van der Waals surface area (Å²) in [6.07, 6.45) is -1.90. The minimum Gasteiger partial charge on any atom is -0.476 e. The van der Waals surface area contributed by atoms with Crippen LogP contribution in [0.25, 0.3) is 0 Å². The molecule has 0 unspecified atom stereocenters. The van der Waals surface area contributed by atoms with Crippen LogP contribution in [0.3, 0.4) is 0 Å². The molecule has 2 heterocycles. The van der Waals surface area contributed by atoms with Gasteiger partial charge in [-0.1, -0.05) is 5.21 Å². The second-order valence-electron chi connectivity index (χ2n) is 3.95. The monoisotopic (exact) mass is 289 g/mol. The van der Waals surface area contributed by atoms with Gasteiger partial charge < -0.3 is 5.11 Å². The molecule has 0 radical (unpaired) electrons. The maximum absolute atomic E-state index is 12.9. The second-order valence-corrected chi connectivity index (χ2v) is 3.95. The van der Waals surface area contributed by atoms with E-state index in [0.717, 1.165) is 0 Å². The molecule has 0 aromatic carbocycles. The summed E-state index contributed by atoms with van der Waals surface area (Å²) in [5.41, 5.74) is -2.02. The van der Waals surface area contributed by atoms with Crippen molar-refractivity contribution in [2.24, 2.45) is 0 Å². The predicted molar refractivity (Wildman–Crippen MR) is 59.0 cm³/mol. The number of alkyl halides is 3. The predicted octanol–water partition coefficient (Wildman–Crippen LogP) is 1.26. The third kappa shape index (κ3) is 2.63. The maximum Gasteiger partial charge on any atom is 0.435 e. The normalized spacial score (nSPS) is 11.8. The summed E-state index contributed by atoms with van der Waals surface area (Å²) in [5.74, 6) is -1.77. The topological polar surface area (TPSA) is 85.8 Å². The zero-order valence-electron chi connectivity index (χ0n) is 10.3. The molecule has 0 aliphatic rings. The Morgan fingerprint density at radius 3 is 2.65 bits per heavy atom. The van der Waals surface area contributed by atoms with E-state index in [1.54, 1.807) is 6.20 Å². The van der Waals surface area contributed by atoms with Crippen molar-refractivity contribution >= 4 is 5.97 Å². The smallest absolute Gasteiger partial charge is 0.435 e. The van der Waals surface area contributed by atoms with E-state index in [0.29, 0.717) is 16.8 Å². The lowest BCUT2D eigenvalue weighted by Crippen LogP contribution is -2.18. The van der Waals surface area contributed by atoms with Gasteiger partial charge in [-0.25, -0.2) is 9.48 Å². The summed E-state index contributed by atoms with van der Waals surface area (Å²) in [6.45, 7) is 2.15. The number of carbonyl (C=O) groups is 1. The summed E-state index contributed by atoms with van der Waals surface area (Å²) in [4.78, 5) is 10.8. The summed E-state index contributed by atoms with van der Waals surface area (Å²) < 4.78 is 40.7. The standard InChI is InChI=1S/C10H10F3N5O2/c1-2-17-4-6(3-14-17)5-18-8(10(11,12)13)7(9(19)20)15-16-18/h3-4H,2,5H2,1H3,(H,19,20). The molecule has 0 bridgehead atoms. The number of hydrogen-bond donors (Lipinski definition) is 1. The molecule has 10 heteroatoms. The molecule has 0 aliphatic heterocycles. The van der Waals surface area contributed by atoms with Crippen LogP contribution < -0.4 is 0 Å². The third-order valence-corrected chi connectivity index (χ3v) is 2.55. The lowest BCUT2D eigenvalue weighted by molar-refractivity contribution is -0.144. The average molecular weight is 289 g/mol. The van der Waals surface area contributed by atoms with Crippen LogP contribution in [0.4, 0.5) is 13.2 Å². The molecule has 0 spiro atoms. The van der Waals surface area contributed by atoms with E-state index in [9.17, 15) is 18.0 Å². The number of rotatable bonds is 4. The van der Waals surface area contributed by atoms with Crippen molar-refractivity contribution in [2.75, 3.05) is 0 Å². The van der Waals surface area contributed by atoms with Crippen molar-refractivity contribution in [3.8, 4) is 0 Å². The molecular formula is C10H10F3N5O2. The van der Waals surface area contributed by atoms with Crippen molar-refractivity contribution in [1.82, 2.24) is 24.8 Å². The van der Waals surface area contributed by atoms with Gasteiger partial charge in [0, 0.05) is 18.3 Å². The molecule has 0 saturated carbocycles. The van der Waals surface area contributed by atoms with Crippen molar-refractivity contribution in [3.05, 3.63) is 29.3 Å². The van der Waals surface area contributed by atoms with Crippen LogP contribution >= 0.6 is 0 Å². The number of aryl methyl sites for hydroxylation is 1. The van der Waals surface area contributed by atoms with Crippen LogP contribution in [0, 0.1) is 0 Å². The minimum atomic E-state index is -4.85. The fourth-order valence-corrected chi connectivity index (χ4v) is 1.68. The van der Waals surface area contributed by atoms with Gasteiger partial charge in [-0.15, -0.1) is 5.10 Å². The number of aromatic carboxylic acids is 1. The molecule has 7 nitrogen and oxygen atoms in total. The Labute approximate surface area is 110 Å². The maximum atomic E-state index is 12.9. The first-order valence-corrected chi connectivity index (χ1v) is 5.58. The SMILES string of the molecule is CCn1cc(Cn2nnc(C(=O)O)c2C(F)(F)F)cn1. The van der Waals surface area contributed by atoms with Crippen molar-refractivity contribution < 1.29 is 23.1 Å². The molecule has 2 aromatic heterocycles. The Kier molecular flexibility index (Phi) is 3.47. The molecule has 0 saturated heterocycles. The van der Waals surface area contributed by atoms with E-state index in [1.165, 1.54) is 10.9 Å². The second kappa shape index (κ2) is 4.94. The van der Waals surface area contributed by atoms with E-state index in [4.69, 9.17) is 5.11 Å². The zero-order chi connectivity index (χ0) is 14.9. The van der Waals surface area contributed by atoms with Gasteiger partial charge in [0.2, 0.25) is 5.69 Å². The first-order valence-electron chi connectivity index (χ1n) is 5.58. The summed E-state index contributed by atoms with van der Waals surface area (Å²) in [5, 5.41) is 19.0. The average Bonchev–Trinajstić information content (AvgIpc) is 2.95.